The molecule has 0 aliphatic rings. The maximum Gasteiger partial charge on any atom is 0.286 e. The Morgan fingerprint density at radius 1 is 0.900 bits per heavy atom. The Balaban J connectivity index is 1.31. The van der Waals surface area contributed by atoms with Crippen LogP contribution in [-0.4, -0.2) is 27.5 Å². The van der Waals surface area contributed by atoms with Gasteiger partial charge in [0, 0.05) is 24.2 Å². The number of aryl methyl sites for hydroxylation is 1. The molecule has 30 heavy (non-hydrogen) atoms. The lowest BCUT2D eigenvalue weighted by molar-refractivity contribution is -0.385. The molecule has 0 amide bonds. The van der Waals surface area contributed by atoms with Crippen molar-refractivity contribution in [2.45, 2.75) is 13.3 Å². The molecule has 0 N–H and O–H groups in total. The fourth-order valence-corrected chi connectivity index (χ4v) is 3.02. The third kappa shape index (κ3) is 4.57. The summed E-state index contributed by atoms with van der Waals surface area (Å²) in [7, 11) is 0. The van der Waals surface area contributed by atoms with Crippen LogP contribution in [0.2, 0.25) is 0 Å². The molecule has 2 heterocycles. The molecule has 152 valence electrons. The van der Waals surface area contributed by atoms with E-state index in [1.807, 2.05) is 55.5 Å². The molecule has 0 spiro atoms. The van der Waals surface area contributed by atoms with Crippen LogP contribution in [0.1, 0.15) is 12.0 Å². The minimum Gasteiger partial charge on any atom is -0.493 e. The van der Waals surface area contributed by atoms with Gasteiger partial charge in [-0.25, -0.2) is 4.98 Å². The number of rotatable bonds is 8. The molecule has 0 fully saturated rings. The van der Waals surface area contributed by atoms with Gasteiger partial charge in [-0.1, -0.05) is 17.7 Å². The van der Waals surface area contributed by atoms with E-state index in [1.54, 1.807) is 16.7 Å². The number of ether oxygens (including phenoxy) is 2. The zero-order chi connectivity index (χ0) is 20.9. The summed E-state index contributed by atoms with van der Waals surface area (Å²) in [5.41, 5.74) is 3.55. The van der Waals surface area contributed by atoms with Crippen LogP contribution in [0.5, 0.6) is 11.5 Å². The standard InChI is InChI=1S/C23H21N3O4/c1-17-3-8-20(9-4-17)29-13-2-14-30-21-10-5-18(6-11-21)22-16-25-15-19(26(27)28)7-12-23(25)24-22/h3-12,15-16H,2,13-14H2,1H3. The van der Waals surface area contributed by atoms with Gasteiger partial charge in [0.05, 0.1) is 30.0 Å². The van der Waals surface area contributed by atoms with E-state index in [9.17, 15) is 10.1 Å². The predicted octanol–water partition coefficient (Wildman–Crippen LogP) is 5.07. The summed E-state index contributed by atoms with van der Waals surface area (Å²) in [5, 5.41) is 10.9. The first-order chi connectivity index (χ1) is 14.6. The number of benzene rings is 2. The zero-order valence-electron chi connectivity index (χ0n) is 16.5. The van der Waals surface area contributed by atoms with Crippen molar-refractivity contribution in [3.63, 3.8) is 0 Å². The summed E-state index contributed by atoms with van der Waals surface area (Å²) >= 11 is 0. The molecule has 7 heteroatoms. The van der Waals surface area contributed by atoms with E-state index in [0.717, 1.165) is 29.2 Å². The van der Waals surface area contributed by atoms with E-state index in [1.165, 1.54) is 17.8 Å². The molecule has 0 aliphatic carbocycles. The van der Waals surface area contributed by atoms with Crippen molar-refractivity contribution in [3.8, 4) is 22.8 Å². The second-order valence-corrected chi connectivity index (χ2v) is 6.92. The number of pyridine rings is 1. The van der Waals surface area contributed by atoms with Crippen LogP contribution in [0.25, 0.3) is 16.9 Å². The Morgan fingerprint density at radius 3 is 2.17 bits per heavy atom. The zero-order valence-corrected chi connectivity index (χ0v) is 16.5. The normalized spacial score (nSPS) is 10.8. The lowest BCUT2D eigenvalue weighted by Crippen LogP contribution is -2.04. The first-order valence-electron chi connectivity index (χ1n) is 9.64. The van der Waals surface area contributed by atoms with Gasteiger partial charge < -0.3 is 9.47 Å². The van der Waals surface area contributed by atoms with Gasteiger partial charge in [-0.15, -0.1) is 0 Å². The van der Waals surface area contributed by atoms with E-state index < -0.39 is 4.92 Å². The highest BCUT2D eigenvalue weighted by Crippen LogP contribution is 2.23. The van der Waals surface area contributed by atoms with E-state index in [0.29, 0.717) is 18.9 Å². The summed E-state index contributed by atoms with van der Waals surface area (Å²) in [6.07, 6.45) is 4.02. The molecule has 7 nitrogen and oxygen atoms in total. The van der Waals surface area contributed by atoms with Crippen molar-refractivity contribution < 1.29 is 14.4 Å². The largest absolute Gasteiger partial charge is 0.493 e. The van der Waals surface area contributed by atoms with Crippen molar-refractivity contribution in [1.29, 1.82) is 0 Å². The second-order valence-electron chi connectivity index (χ2n) is 6.92. The minimum atomic E-state index is -0.420. The van der Waals surface area contributed by atoms with Crippen LogP contribution in [0.15, 0.2) is 73.1 Å². The van der Waals surface area contributed by atoms with Gasteiger partial charge in [0.1, 0.15) is 17.1 Å². The number of nitro groups is 1. The van der Waals surface area contributed by atoms with Gasteiger partial charge in [0.2, 0.25) is 0 Å². The van der Waals surface area contributed by atoms with E-state index in [2.05, 4.69) is 4.98 Å². The van der Waals surface area contributed by atoms with Gasteiger partial charge in [-0.3, -0.25) is 14.5 Å². The Labute approximate surface area is 173 Å². The van der Waals surface area contributed by atoms with Crippen LogP contribution in [0.3, 0.4) is 0 Å². The molecule has 0 bridgehead atoms. The summed E-state index contributed by atoms with van der Waals surface area (Å²) in [6.45, 7) is 3.20. The van der Waals surface area contributed by atoms with Gasteiger partial charge in [-0.2, -0.15) is 0 Å². The summed E-state index contributed by atoms with van der Waals surface area (Å²) in [4.78, 5) is 15.0. The molecule has 4 rings (SSSR count). The lowest BCUT2D eigenvalue weighted by Gasteiger charge is -2.08. The smallest absolute Gasteiger partial charge is 0.286 e. The van der Waals surface area contributed by atoms with Gasteiger partial charge in [0.15, 0.2) is 0 Å². The average Bonchev–Trinajstić information content (AvgIpc) is 3.18. The van der Waals surface area contributed by atoms with Crippen LogP contribution >= 0.6 is 0 Å². The predicted molar refractivity (Wildman–Crippen MR) is 114 cm³/mol. The van der Waals surface area contributed by atoms with E-state index in [4.69, 9.17) is 9.47 Å². The summed E-state index contributed by atoms with van der Waals surface area (Å²) in [6, 6.07) is 18.7. The number of hydrogen-bond acceptors (Lipinski definition) is 5. The fourth-order valence-electron chi connectivity index (χ4n) is 3.02. The fraction of sp³-hybridized carbons (Fsp3) is 0.174. The monoisotopic (exact) mass is 403 g/mol. The molecule has 0 saturated heterocycles. The quantitative estimate of drug-likeness (QED) is 0.233. The van der Waals surface area contributed by atoms with Crippen molar-refractivity contribution in [2.24, 2.45) is 0 Å². The van der Waals surface area contributed by atoms with E-state index >= 15 is 0 Å². The first kappa shape index (κ1) is 19.4. The maximum atomic E-state index is 10.9. The van der Waals surface area contributed by atoms with Crippen molar-refractivity contribution >= 4 is 11.3 Å². The number of fused-ring (bicyclic) bond motifs is 1. The molecule has 0 atom stereocenters. The van der Waals surface area contributed by atoms with Crippen molar-refractivity contribution in [2.75, 3.05) is 13.2 Å². The van der Waals surface area contributed by atoms with Crippen LogP contribution < -0.4 is 9.47 Å². The number of nitrogens with zero attached hydrogens (tertiary/aromatic N) is 3. The topological polar surface area (TPSA) is 78.9 Å². The molecule has 0 radical (unpaired) electrons. The van der Waals surface area contributed by atoms with Gasteiger partial charge in [-0.05, 0) is 49.4 Å². The van der Waals surface area contributed by atoms with Crippen LogP contribution in [0.4, 0.5) is 5.69 Å². The van der Waals surface area contributed by atoms with Gasteiger partial charge >= 0.3 is 0 Å². The Hall–Kier alpha value is -3.87. The first-order valence-corrected chi connectivity index (χ1v) is 9.64. The lowest BCUT2D eigenvalue weighted by atomic mass is 10.2. The van der Waals surface area contributed by atoms with Crippen LogP contribution in [-0.2, 0) is 0 Å². The summed E-state index contributed by atoms with van der Waals surface area (Å²) in [5.74, 6) is 1.64. The molecular formula is C23H21N3O4. The highest BCUT2D eigenvalue weighted by molar-refractivity contribution is 5.63. The number of hydrogen-bond donors (Lipinski definition) is 0. The Morgan fingerprint density at radius 2 is 1.53 bits per heavy atom. The molecular weight excluding hydrogens is 382 g/mol. The maximum absolute atomic E-state index is 10.9. The number of aromatic nitrogens is 2. The molecule has 0 saturated carbocycles. The second kappa shape index (κ2) is 8.65. The highest BCUT2D eigenvalue weighted by Gasteiger charge is 2.09. The third-order valence-electron chi connectivity index (χ3n) is 4.64. The molecule has 0 aliphatic heterocycles. The van der Waals surface area contributed by atoms with Gasteiger partial charge in [0.25, 0.3) is 5.69 Å². The number of imidazole rings is 1. The SMILES string of the molecule is Cc1ccc(OCCCOc2ccc(-c3cn4cc([N+](=O)[O-])ccc4n3)cc2)cc1. The Kier molecular flexibility index (Phi) is 5.61. The highest BCUT2D eigenvalue weighted by atomic mass is 16.6. The van der Waals surface area contributed by atoms with E-state index in [-0.39, 0.29) is 5.69 Å². The average molecular weight is 403 g/mol. The molecule has 2 aromatic carbocycles. The molecule has 0 unspecified atom stereocenters. The molecule has 4 aromatic rings. The van der Waals surface area contributed by atoms with Crippen molar-refractivity contribution in [1.82, 2.24) is 9.38 Å². The molecule has 2 aromatic heterocycles. The third-order valence-corrected chi connectivity index (χ3v) is 4.64. The minimum absolute atomic E-state index is 0.0292. The summed E-state index contributed by atoms with van der Waals surface area (Å²) < 4.78 is 13.1. The van der Waals surface area contributed by atoms with Crippen molar-refractivity contribution in [3.05, 3.63) is 88.7 Å². The van der Waals surface area contributed by atoms with Crippen LogP contribution in [0, 0.1) is 17.0 Å². The Bertz CT molecular complexity index is 1150.